The molecule has 0 unspecified atom stereocenters. The normalized spacial score (nSPS) is 14.1. The van der Waals surface area contributed by atoms with E-state index >= 15 is 0 Å². The van der Waals surface area contributed by atoms with E-state index in [1.165, 1.54) is 0 Å². The number of carboxylic acid groups (broad SMARTS) is 1. The van der Waals surface area contributed by atoms with Crippen molar-refractivity contribution in [3.63, 3.8) is 0 Å². The molecule has 0 fully saturated rings. The van der Waals surface area contributed by atoms with Crippen LogP contribution in [0, 0.1) is 5.41 Å². The van der Waals surface area contributed by atoms with Gasteiger partial charge in [0.05, 0.1) is 27.6 Å². The monoisotopic (exact) mass is 259 g/mol. The molecule has 0 saturated heterocycles. The molecule has 0 aromatic carbocycles. The lowest BCUT2D eigenvalue weighted by Crippen LogP contribution is -2.45. The molecule has 0 aromatic rings. The fraction of sp³-hybridized carbons (Fsp3) is 0.846. The maximum Gasteiger partial charge on any atom is 0.306 e. The average Bonchev–Trinajstić information content (AvgIpc) is 1.92. The van der Waals surface area contributed by atoms with Crippen molar-refractivity contribution in [3.8, 4) is 0 Å². The van der Waals surface area contributed by atoms with Gasteiger partial charge in [-0.2, -0.15) is 0 Å². The van der Waals surface area contributed by atoms with Gasteiger partial charge in [-0.25, -0.2) is 0 Å². The number of carboxylic acids is 1. The second-order valence-corrected chi connectivity index (χ2v) is 6.90. The molecule has 0 aliphatic carbocycles. The Bertz CT molecular complexity index is 299. The highest BCUT2D eigenvalue weighted by molar-refractivity contribution is 5.71. The summed E-state index contributed by atoms with van der Waals surface area (Å²) in [6.45, 7) is 6.25. The van der Waals surface area contributed by atoms with Crippen molar-refractivity contribution in [3.05, 3.63) is 0 Å². The average molecular weight is 259 g/mol. The molecule has 1 atom stereocenters. The van der Waals surface area contributed by atoms with Crippen LogP contribution >= 0.6 is 0 Å². The number of hydrogen-bond donors (Lipinski definition) is 0. The third-order valence-corrected chi connectivity index (χ3v) is 2.12. The van der Waals surface area contributed by atoms with Gasteiger partial charge in [-0.3, -0.25) is 4.79 Å². The second kappa shape index (κ2) is 6.18. The molecule has 0 aromatic heterocycles. The highest BCUT2D eigenvalue weighted by Crippen LogP contribution is 2.20. The van der Waals surface area contributed by atoms with Crippen molar-refractivity contribution in [1.82, 2.24) is 0 Å². The van der Waals surface area contributed by atoms with E-state index in [9.17, 15) is 14.7 Å². The molecule has 0 amide bonds. The number of hydrogen-bond acceptors (Lipinski definition) is 4. The molecule has 0 aliphatic rings. The Morgan fingerprint density at radius 1 is 1.22 bits per heavy atom. The van der Waals surface area contributed by atoms with Crippen LogP contribution in [0.3, 0.4) is 0 Å². The lowest BCUT2D eigenvalue weighted by atomic mass is 9.92. The number of nitrogens with zero attached hydrogens (tertiary/aromatic N) is 1. The van der Waals surface area contributed by atoms with E-state index < -0.39 is 12.1 Å². The van der Waals surface area contributed by atoms with Crippen LogP contribution in [0.2, 0.25) is 0 Å². The van der Waals surface area contributed by atoms with Gasteiger partial charge >= 0.3 is 5.97 Å². The molecule has 0 bridgehead atoms. The van der Waals surface area contributed by atoms with Crippen molar-refractivity contribution in [1.29, 1.82) is 0 Å². The number of carbonyl (C=O) groups excluding carboxylic acids is 2. The molecule has 5 nitrogen and oxygen atoms in total. The van der Waals surface area contributed by atoms with Crippen molar-refractivity contribution in [2.24, 2.45) is 5.41 Å². The summed E-state index contributed by atoms with van der Waals surface area (Å²) in [5.41, 5.74) is -0.167. The van der Waals surface area contributed by atoms with Crippen LogP contribution in [0.15, 0.2) is 0 Å². The SMILES string of the molecule is CC(C)(C)CC(=O)O[C@H](CC(=O)[O-])C[N+](C)(C)C. The highest BCUT2D eigenvalue weighted by atomic mass is 16.5. The van der Waals surface area contributed by atoms with Gasteiger partial charge in [-0.05, 0) is 5.41 Å². The summed E-state index contributed by atoms with van der Waals surface area (Å²) >= 11 is 0. The van der Waals surface area contributed by atoms with Gasteiger partial charge in [-0.1, -0.05) is 20.8 Å². The molecule has 0 aliphatic heterocycles. The maximum absolute atomic E-state index is 11.7. The van der Waals surface area contributed by atoms with Crippen molar-refractivity contribution < 1.29 is 23.9 Å². The standard InChI is InChI=1S/C13H25NO4/c1-13(2,3)8-12(17)18-10(7-11(15)16)9-14(4,5)6/h10H,7-9H2,1-6H3/t10-/m1/s1. The summed E-state index contributed by atoms with van der Waals surface area (Å²) in [5.74, 6) is -1.56. The molecule has 0 radical (unpaired) electrons. The summed E-state index contributed by atoms with van der Waals surface area (Å²) in [5, 5.41) is 10.7. The number of aliphatic carboxylic acids is 1. The van der Waals surface area contributed by atoms with Crippen molar-refractivity contribution >= 4 is 11.9 Å². The second-order valence-electron chi connectivity index (χ2n) is 6.90. The topological polar surface area (TPSA) is 66.4 Å². The first-order chi connectivity index (χ1) is 7.89. The fourth-order valence-electron chi connectivity index (χ4n) is 1.60. The van der Waals surface area contributed by atoms with Gasteiger partial charge in [0, 0.05) is 12.4 Å². The third-order valence-electron chi connectivity index (χ3n) is 2.12. The van der Waals surface area contributed by atoms with E-state index in [4.69, 9.17) is 4.74 Å². The van der Waals surface area contributed by atoms with Gasteiger partial charge < -0.3 is 19.1 Å². The number of esters is 1. The van der Waals surface area contributed by atoms with E-state index in [0.29, 0.717) is 11.0 Å². The molecule has 0 heterocycles. The van der Waals surface area contributed by atoms with Gasteiger partial charge in [0.2, 0.25) is 0 Å². The molecule has 0 saturated carbocycles. The maximum atomic E-state index is 11.7. The molecular weight excluding hydrogens is 234 g/mol. The van der Waals surface area contributed by atoms with E-state index in [2.05, 4.69) is 0 Å². The predicted molar refractivity (Wildman–Crippen MR) is 66.5 cm³/mol. The predicted octanol–water partition coefficient (Wildman–Crippen LogP) is 0.181. The number of ether oxygens (including phenoxy) is 1. The first-order valence-corrected chi connectivity index (χ1v) is 6.09. The van der Waals surface area contributed by atoms with Crippen LogP contribution in [0.4, 0.5) is 0 Å². The Labute approximate surface area is 109 Å². The van der Waals surface area contributed by atoms with Gasteiger partial charge in [0.25, 0.3) is 0 Å². The summed E-state index contributed by atoms with van der Waals surface area (Å²) in [4.78, 5) is 22.3. The molecule has 0 rings (SSSR count). The van der Waals surface area contributed by atoms with Gasteiger partial charge in [0.15, 0.2) is 6.10 Å². The van der Waals surface area contributed by atoms with E-state index in [-0.39, 0.29) is 24.2 Å². The quantitative estimate of drug-likeness (QED) is 0.504. The Kier molecular flexibility index (Phi) is 5.80. The summed E-state index contributed by atoms with van der Waals surface area (Å²) in [6.07, 6.45) is -0.621. The zero-order chi connectivity index (χ0) is 14.6. The van der Waals surface area contributed by atoms with E-state index in [0.717, 1.165) is 0 Å². The summed E-state index contributed by atoms with van der Waals surface area (Å²) in [6, 6.07) is 0. The highest BCUT2D eigenvalue weighted by Gasteiger charge is 2.24. The minimum atomic E-state index is -1.20. The molecule has 0 N–H and O–H groups in total. The Morgan fingerprint density at radius 3 is 2.06 bits per heavy atom. The lowest BCUT2D eigenvalue weighted by Gasteiger charge is -2.29. The van der Waals surface area contributed by atoms with Gasteiger partial charge in [0.1, 0.15) is 6.54 Å². The summed E-state index contributed by atoms with van der Waals surface area (Å²) in [7, 11) is 5.75. The lowest BCUT2D eigenvalue weighted by molar-refractivity contribution is -0.873. The number of likely N-dealkylation sites (N-methyl/N-ethyl adjacent to an activating group) is 1. The Morgan fingerprint density at radius 2 is 1.72 bits per heavy atom. The van der Waals surface area contributed by atoms with Crippen LogP contribution < -0.4 is 5.11 Å². The third kappa shape index (κ3) is 10.1. The van der Waals surface area contributed by atoms with Gasteiger partial charge in [-0.15, -0.1) is 0 Å². The zero-order valence-electron chi connectivity index (χ0n) is 12.3. The van der Waals surface area contributed by atoms with Crippen molar-refractivity contribution in [2.75, 3.05) is 27.7 Å². The smallest absolute Gasteiger partial charge is 0.306 e. The van der Waals surface area contributed by atoms with Crippen LogP contribution in [-0.2, 0) is 14.3 Å². The van der Waals surface area contributed by atoms with Crippen LogP contribution in [0.25, 0.3) is 0 Å². The number of quaternary nitrogens is 1. The van der Waals surface area contributed by atoms with Crippen LogP contribution in [0.5, 0.6) is 0 Å². The largest absolute Gasteiger partial charge is 0.550 e. The minimum Gasteiger partial charge on any atom is -0.550 e. The Balaban J connectivity index is 4.50. The molecular formula is C13H25NO4. The zero-order valence-corrected chi connectivity index (χ0v) is 12.3. The summed E-state index contributed by atoms with van der Waals surface area (Å²) < 4.78 is 5.77. The van der Waals surface area contributed by atoms with Crippen LogP contribution in [-0.4, -0.2) is 50.2 Å². The molecule has 0 spiro atoms. The van der Waals surface area contributed by atoms with Crippen molar-refractivity contribution in [2.45, 2.75) is 39.7 Å². The fourth-order valence-corrected chi connectivity index (χ4v) is 1.60. The van der Waals surface area contributed by atoms with E-state index in [1.807, 2.05) is 41.9 Å². The molecule has 18 heavy (non-hydrogen) atoms. The Hall–Kier alpha value is -1.10. The molecule has 5 heteroatoms. The minimum absolute atomic E-state index is 0.167. The number of carbonyl (C=O) groups is 2. The molecule has 106 valence electrons. The first-order valence-electron chi connectivity index (χ1n) is 6.09. The van der Waals surface area contributed by atoms with E-state index in [1.54, 1.807) is 0 Å². The van der Waals surface area contributed by atoms with Crippen LogP contribution in [0.1, 0.15) is 33.6 Å². The number of rotatable bonds is 6. The first kappa shape index (κ1) is 16.9.